The number of halogens is 1. The van der Waals surface area contributed by atoms with E-state index in [1.54, 1.807) is 6.07 Å². The van der Waals surface area contributed by atoms with E-state index in [0.29, 0.717) is 31.5 Å². The van der Waals surface area contributed by atoms with Gasteiger partial charge in [-0.15, -0.1) is 0 Å². The molecule has 0 radical (unpaired) electrons. The molecule has 1 aromatic rings. The number of rotatable bonds is 1. The maximum absolute atomic E-state index is 12.9. The van der Waals surface area contributed by atoms with Crippen molar-refractivity contribution in [3.8, 4) is 6.07 Å². The maximum atomic E-state index is 12.9. The molecule has 16 heavy (non-hydrogen) atoms. The molecule has 0 spiro atoms. The van der Waals surface area contributed by atoms with Crippen molar-refractivity contribution >= 4 is 11.5 Å². The second kappa shape index (κ2) is 4.31. The highest BCUT2D eigenvalue weighted by Crippen LogP contribution is 2.23. The first-order valence-electron chi connectivity index (χ1n) is 5.17. The Hall–Kier alpha value is -1.89. The molecule has 0 unspecified atom stereocenters. The van der Waals surface area contributed by atoms with Gasteiger partial charge in [-0.3, -0.25) is 4.79 Å². The summed E-state index contributed by atoms with van der Waals surface area (Å²) in [6, 6.07) is 6.15. The van der Waals surface area contributed by atoms with Crippen molar-refractivity contribution < 1.29 is 9.18 Å². The Labute approximate surface area is 93.1 Å². The predicted molar refractivity (Wildman–Crippen MR) is 57.6 cm³/mol. The lowest BCUT2D eigenvalue weighted by Crippen LogP contribution is -2.34. The van der Waals surface area contributed by atoms with Gasteiger partial charge in [-0.1, -0.05) is 0 Å². The van der Waals surface area contributed by atoms with Gasteiger partial charge in [-0.25, -0.2) is 4.39 Å². The Balaban J connectivity index is 2.27. The van der Waals surface area contributed by atoms with Crippen LogP contribution in [0.3, 0.4) is 0 Å². The van der Waals surface area contributed by atoms with Crippen LogP contribution in [0, 0.1) is 17.1 Å². The normalized spacial score (nSPS) is 16.0. The average molecular weight is 218 g/mol. The first-order valence-corrected chi connectivity index (χ1v) is 5.17. The van der Waals surface area contributed by atoms with Crippen LogP contribution < -0.4 is 4.90 Å². The van der Waals surface area contributed by atoms with Gasteiger partial charge in [0.15, 0.2) is 0 Å². The summed E-state index contributed by atoms with van der Waals surface area (Å²) in [5.74, 6) is -0.162. The van der Waals surface area contributed by atoms with Crippen molar-refractivity contribution in [2.24, 2.45) is 0 Å². The third-order valence-corrected chi connectivity index (χ3v) is 2.74. The van der Waals surface area contributed by atoms with Crippen LogP contribution in [-0.4, -0.2) is 18.9 Å². The summed E-state index contributed by atoms with van der Waals surface area (Å²) in [6.45, 7) is 1.22. The first-order chi connectivity index (χ1) is 7.70. The van der Waals surface area contributed by atoms with E-state index in [0.717, 1.165) is 5.69 Å². The number of ketones is 1. The first kappa shape index (κ1) is 10.6. The lowest BCUT2D eigenvalue weighted by atomic mass is 10.1. The molecule has 0 aromatic heterocycles. The number of carbonyl (C=O) groups excluding carboxylic acids is 1. The molecule has 1 aliphatic heterocycles. The number of nitriles is 1. The fraction of sp³-hybridized carbons (Fsp3) is 0.333. The summed E-state index contributed by atoms with van der Waals surface area (Å²) in [6.07, 6.45) is 1.00. The minimum atomic E-state index is -0.409. The lowest BCUT2D eigenvalue weighted by Gasteiger charge is -2.28. The largest absolute Gasteiger partial charge is 0.370 e. The highest BCUT2D eigenvalue weighted by molar-refractivity contribution is 5.81. The number of piperidine rings is 1. The van der Waals surface area contributed by atoms with Crippen molar-refractivity contribution in [3.63, 3.8) is 0 Å². The number of Topliss-reactive ketones (excluding diaryl/α,β-unsaturated/α-hetero) is 1. The van der Waals surface area contributed by atoms with E-state index in [-0.39, 0.29) is 5.78 Å². The van der Waals surface area contributed by atoms with Crippen LogP contribution in [-0.2, 0) is 4.79 Å². The smallest absolute Gasteiger partial charge is 0.136 e. The Bertz CT molecular complexity index is 455. The zero-order chi connectivity index (χ0) is 11.5. The van der Waals surface area contributed by atoms with Gasteiger partial charge in [0.2, 0.25) is 0 Å². The molecule has 2 rings (SSSR count). The molecular weight excluding hydrogens is 207 g/mol. The Morgan fingerprint density at radius 1 is 1.31 bits per heavy atom. The molecule has 0 atom stereocenters. The SMILES string of the molecule is N#Cc1cc(F)ccc1N1CCC(=O)CC1. The van der Waals surface area contributed by atoms with E-state index in [1.807, 2.05) is 11.0 Å². The fourth-order valence-corrected chi connectivity index (χ4v) is 1.87. The van der Waals surface area contributed by atoms with Crippen molar-refractivity contribution in [1.29, 1.82) is 5.26 Å². The van der Waals surface area contributed by atoms with E-state index in [1.165, 1.54) is 12.1 Å². The van der Waals surface area contributed by atoms with Gasteiger partial charge in [0.25, 0.3) is 0 Å². The van der Waals surface area contributed by atoms with Crippen molar-refractivity contribution in [1.82, 2.24) is 0 Å². The number of anilines is 1. The van der Waals surface area contributed by atoms with Crippen LogP contribution in [0.5, 0.6) is 0 Å². The van der Waals surface area contributed by atoms with Crippen molar-refractivity contribution in [2.75, 3.05) is 18.0 Å². The van der Waals surface area contributed by atoms with Crippen LogP contribution in [0.4, 0.5) is 10.1 Å². The Morgan fingerprint density at radius 3 is 2.62 bits per heavy atom. The van der Waals surface area contributed by atoms with E-state index < -0.39 is 5.82 Å². The van der Waals surface area contributed by atoms with Gasteiger partial charge in [0, 0.05) is 25.9 Å². The van der Waals surface area contributed by atoms with Gasteiger partial charge in [0.1, 0.15) is 17.7 Å². The summed E-state index contributed by atoms with van der Waals surface area (Å²) in [5.41, 5.74) is 1.05. The molecule has 0 N–H and O–H groups in total. The summed E-state index contributed by atoms with van der Waals surface area (Å²) < 4.78 is 12.9. The summed E-state index contributed by atoms with van der Waals surface area (Å²) in [4.78, 5) is 13.1. The van der Waals surface area contributed by atoms with Crippen molar-refractivity contribution in [2.45, 2.75) is 12.8 Å². The highest BCUT2D eigenvalue weighted by Gasteiger charge is 2.18. The minimum Gasteiger partial charge on any atom is -0.370 e. The zero-order valence-electron chi connectivity index (χ0n) is 8.74. The second-order valence-corrected chi connectivity index (χ2v) is 3.80. The minimum absolute atomic E-state index is 0.247. The summed E-state index contributed by atoms with van der Waals surface area (Å²) in [5, 5.41) is 8.92. The molecule has 3 nitrogen and oxygen atoms in total. The molecule has 1 saturated heterocycles. The molecule has 0 bridgehead atoms. The van der Waals surface area contributed by atoms with Gasteiger partial charge >= 0.3 is 0 Å². The van der Waals surface area contributed by atoms with Gasteiger partial charge in [0.05, 0.1) is 11.3 Å². The highest BCUT2D eigenvalue weighted by atomic mass is 19.1. The molecular formula is C12H11FN2O. The van der Waals surface area contributed by atoms with Crippen molar-refractivity contribution in [3.05, 3.63) is 29.6 Å². The molecule has 1 aliphatic rings. The maximum Gasteiger partial charge on any atom is 0.136 e. The quantitative estimate of drug-likeness (QED) is 0.722. The topological polar surface area (TPSA) is 44.1 Å². The summed E-state index contributed by atoms with van der Waals surface area (Å²) >= 11 is 0. The predicted octanol–water partition coefficient (Wildman–Crippen LogP) is 1.87. The number of hydrogen-bond acceptors (Lipinski definition) is 3. The Kier molecular flexibility index (Phi) is 2.86. The monoisotopic (exact) mass is 218 g/mol. The Morgan fingerprint density at radius 2 is 2.00 bits per heavy atom. The molecule has 0 aliphatic carbocycles. The fourth-order valence-electron chi connectivity index (χ4n) is 1.87. The van der Waals surface area contributed by atoms with E-state index in [2.05, 4.69) is 0 Å². The van der Waals surface area contributed by atoms with Crippen LogP contribution in [0.15, 0.2) is 18.2 Å². The molecule has 0 saturated carbocycles. The third kappa shape index (κ3) is 2.03. The van der Waals surface area contributed by atoms with Crippen LogP contribution in [0.1, 0.15) is 18.4 Å². The molecule has 1 heterocycles. The van der Waals surface area contributed by atoms with Gasteiger partial charge in [-0.05, 0) is 18.2 Å². The van der Waals surface area contributed by atoms with E-state index >= 15 is 0 Å². The standard InChI is InChI=1S/C12H11FN2O/c13-10-1-2-12(9(7-10)8-14)15-5-3-11(16)4-6-15/h1-2,7H,3-6H2. The average Bonchev–Trinajstić information content (AvgIpc) is 2.30. The molecule has 82 valence electrons. The van der Waals surface area contributed by atoms with E-state index in [9.17, 15) is 9.18 Å². The molecule has 4 heteroatoms. The number of nitrogens with zero attached hydrogens (tertiary/aromatic N) is 2. The van der Waals surface area contributed by atoms with Gasteiger partial charge in [-0.2, -0.15) is 5.26 Å². The van der Waals surface area contributed by atoms with Crippen LogP contribution >= 0.6 is 0 Å². The summed E-state index contributed by atoms with van der Waals surface area (Å²) in [7, 11) is 0. The number of carbonyl (C=O) groups is 1. The van der Waals surface area contributed by atoms with E-state index in [4.69, 9.17) is 5.26 Å². The van der Waals surface area contributed by atoms with Crippen LogP contribution in [0.25, 0.3) is 0 Å². The number of hydrogen-bond donors (Lipinski definition) is 0. The van der Waals surface area contributed by atoms with Gasteiger partial charge < -0.3 is 4.90 Å². The molecule has 0 amide bonds. The second-order valence-electron chi connectivity index (χ2n) is 3.80. The van der Waals surface area contributed by atoms with Crippen LogP contribution in [0.2, 0.25) is 0 Å². The molecule has 1 aromatic carbocycles. The third-order valence-electron chi connectivity index (χ3n) is 2.74. The number of benzene rings is 1. The lowest BCUT2D eigenvalue weighted by molar-refractivity contribution is -0.119. The molecule has 1 fully saturated rings. The zero-order valence-corrected chi connectivity index (χ0v) is 8.74.